The van der Waals surface area contributed by atoms with Gasteiger partial charge in [0.15, 0.2) is 0 Å². The molecule has 0 saturated heterocycles. The van der Waals surface area contributed by atoms with Crippen molar-refractivity contribution in [1.82, 2.24) is 5.32 Å². The standard InChI is InChI=1S/C12H19NO3/c1-8(2)4-9(3)13-6-11-5-10(7-16-11)12(14)15/h5,7-9,13H,4,6H2,1-3H3,(H,14,15). The summed E-state index contributed by atoms with van der Waals surface area (Å²) < 4.78 is 5.14. The van der Waals surface area contributed by atoms with Crippen LogP contribution in [0.2, 0.25) is 0 Å². The second-order valence-corrected chi connectivity index (χ2v) is 4.52. The van der Waals surface area contributed by atoms with Crippen molar-refractivity contribution < 1.29 is 14.3 Å². The van der Waals surface area contributed by atoms with Crippen LogP contribution in [0.15, 0.2) is 16.7 Å². The lowest BCUT2D eigenvalue weighted by Crippen LogP contribution is -2.26. The van der Waals surface area contributed by atoms with Gasteiger partial charge in [0.25, 0.3) is 0 Å². The maximum Gasteiger partial charge on any atom is 0.338 e. The summed E-state index contributed by atoms with van der Waals surface area (Å²) in [5.74, 6) is 0.354. The van der Waals surface area contributed by atoms with Crippen LogP contribution in [0.5, 0.6) is 0 Å². The van der Waals surface area contributed by atoms with Crippen molar-refractivity contribution in [3.63, 3.8) is 0 Å². The molecular formula is C12H19NO3. The van der Waals surface area contributed by atoms with Gasteiger partial charge < -0.3 is 14.8 Å². The van der Waals surface area contributed by atoms with Gasteiger partial charge in [0.05, 0.1) is 12.1 Å². The molecule has 1 heterocycles. The molecule has 4 nitrogen and oxygen atoms in total. The van der Waals surface area contributed by atoms with E-state index in [9.17, 15) is 4.79 Å². The minimum absolute atomic E-state index is 0.202. The quantitative estimate of drug-likeness (QED) is 0.780. The molecule has 1 rings (SSSR count). The second kappa shape index (κ2) is 5.70. The molecule has 90 valence electrons. The van der Waals surface area contributed by atoms with Crippen LogP contribution in [-0.2, 0) is 6.54 Å². The number of carboxylic acids is 1. The lowest BCUT2D eigenvalue weighted by Gasteiger charge is -2.14. The number of furan rings is 1. The van der Waals surface area contributed by atoms with Gasteiger partial charge in [-0.15, -0.1) is 0 Å². The van der Waals surface area contributed by atoms with Crippen molar-refractivity contribution in [1.29, 1.82) is 0 Å². The largest absolute Gasteiger partial charge is 0.478 e. The zero-order valence-electron chi connectivity index (χ0n) is 9.99. The van der Waals surface area contributed by atoms with Crippen LogP contribution in [0.1, 0.15) is 43.3 Å². The molecule has 0 bridgehead atoms. The molecule has 0 aliphatic rings. The maximum atomic E-state index is 10.6. The molecule has 0 radical (unpaired) electrons. The van der Waals surface area contributed by atoms with Crippen molar-refractivity contribution in [2.45, 2.75) is 39.8 Å². The minimum atomic E-state index is -0.953. The van der Waals surface area contributed by atoms with E-state index in [-0.39, 0.29) is 5.56 Å². The average Bonchev–Trinajstić information content (AvgIpc) is 2.61. The zero-order chi connectivity index (χ0) is 12.1. The van der Waals surface area contributed by atoms with Gasteiger partial charge in [-0.3, -0.25) is 0 Å². The Hall–Kier alpha value is -1.29. The Morgan fingerprint density at radius 1 is 1.50 bits per heavy atom. The third-order valence-corrected chi connectivity index (χ3v) is 2.35. The first-order chi connectivity index (χ1) is 7.49. The predicted molar refractivity (Wildman–Crippen MR) is 61.4 cm³/mol. The molecule has 0 aromatic carbocycles. The summed E-state index contributed by atoms with van der Waals surface area (Å²) in [6, 6.07) is 1.95. The number of aromatic carboxylic acids is 1. The van der Waals surface area contributed by atoms with Crippen molar-refractivity contribution in [3.8, 4) is 0 Å². The van der Waals surface area contributed by atoms with Crippen LogP contribution in [0, 0.1) is 5.92 Å². The molecule has 1 aromatic rings. The van der Waals surface area contributed by atoms with Gasteiger partial charge in [-0.05, 0) is 25.3 Å². The fourth-order valence-corrected chi connectivity index (χ4v) is 1.65. The number of carboxylic acid groups (broad SMARTS) is 1. The fourth-order valence-electron chi connectivity index (χ4n) is 1.65. The molecule has 2 N–H and O–H groups in total. The molecule has 1 unspecified atom stereocenters. The third kappa shape index (κ3) is 4.06. The Bertz CT molecular complexity index is 344. The molecule has 1 aromatic heterocycles. The fraction of sp³-hybridized carbons (Fsp3) is 0.583. The number of hydrogen-bond acceptors (Lipinski definition) is 3. The molecule has 0 spiro atoms. The molecule has 0 amide bonds. The van der Waals surface area contributed by atoms with Gasteiger partial charge in [-0.2, -0.15) is 0 Å². The summed E-state index contributed by atoms with van der Waals surface area (Å²) in [6.07, 6.45) is 2.36. The van der Waals surface area contributed by atoms with Crippen molar-refractivity contribution in [2.75, 3.05) is 0 Å². The Morgan fingerprint density at radius 3 is 2.69 bits per heavy atom. The summed E-state index contributed by atoms with van der Waals surface area (Å²) in [7, 11) is 0. The topological polar surface area (TPSA) is 62.5 Å². The minimum Gasteiger partial charge on any atom is -0.478 e. The van der Waals surface area contributed by atoms with Gasteiger partial charge in [-0.1, -0.05) is 13.8 Å². The molecule has 1 atom stereocenters. The van der Waals surface area contributed by atoms with Crippen LogP contribution >= 0.6 is 0 Å². The second-order valence-electron chi connectivity index (χ2n) is 4.52. The number of hydrogen-bond donors (Lipinski definition) is 2. The van der Waals surface area contributed by atoms with E-state index in [0.29, 0.717) is 24.3 Å². The SMILES string of the molecule is CC(C)CC(C)NCc1cc(C(=O)O)co1. The monoisotopic (exact) mass is 225 g/mol. The molecule has 0 fully saturated rings. The van der Waals surface area contributed by atoms with Crippen molar-refractivity contribution in [2.24, 2.45) is 5.92 Å². The van der Waals surface area contributed by atoms with Crippen LogP contribution in [0.4, 0.5) is 0 Å². The Kier molecular flexibility index (Phi) is 4.55. The van der Waals surface area contributed by atoms with Crippen molar-refractivity contribution >= 4 is 5.97 Å². The van der Waals surface area contributed by atoms with Crippen molar-refractivity contribution in [3.05, 3.63) is 23.7 Å². The Morgan fingerprint density at radius 2 is 2.19 bits per heavy atom. The first-order valence-corrected chi connectivity index (χ1v) is 5.53. The normalized spacial score (nSPS) is 13.0. The Balaban J connectivity index is 2.39. The van der Waals surface area contributed by atoms with E-state index in [1.807, 2.05) is 0 Å². The van der Waals surface area contributed by atoms with Gasteiger partial charge in [0.2, 0.25) is 0 Å². The van der Waals surface area contributed by atoms with E-state index < -0.39 is 5.97 Å². The van der Waals surface area contributed by atoms with E-state index >= 15 is 0 Å². The van der Waals surface area contributed by atoms with Crippen LogP contribution in [0.3, 0.4) is 0 Å². The highest BCUT2D eigenvalue weighted by molar-refractivity contribution is 5.87. The van der Waals surface area contributed by atoms with Crippen LogP contribution < -0.4 is 5.32 Å². The molecule has 0 saturated carbocycles. The van der Waals surface area contributed by atoms with Gasteiger partial charge in [0.1, 0.15) is 12.0 Å². The number of carbonyl (C=O) groups is 1. The van der Waals surface area contributed by atoms with E-state index in [4.69, 9.17) is 9.52 Å². The maximum absolute atomic E-state index is 10.6. The molecule has 16 heavy (non-hydrogen) atoms. The summed E-state index contributed by atoms with van der Waals surface area (Å²) in [4.78, 5) is 10.6. The zero-order valence-corrected chi connectivity index (χ0v) is 9.99. The smallest absolute Gasteiger partial charge is 0.338 e. The number of rotatable bonds is 6. The van der Waals surface area contributed by atoms with Crippen LogP contribution in [0.25, 0.3) is 0 Å². The molecule has 4 heteroatoms. The first-order valence-electron chi connectivity index (χ1n) is 5.53. The summed E-state index contributed by atoms with van der Waals surface area (Å²) in [5.41, 5.74) is 0.202. The van der Waals surface area contributed by atoms with Gasteiger partial charge in [-0.25, -0.2) is 4.79 Å². The van der Waals surface area contributed by atoms with E-state index in [0.717, 1.165) is 6.42 Å². The highest BCUT2D eigenvalue weighted by atomic mass is 16.4. The van der Waals surface area contributed by atoms with Gasteiger partial charge >= 0.3 is 5.97 Å². The molecule has 0 aliphatic heterocycles. The first kappa shape index (κ1) is 12.8. The average molecular weight is 225 g/mol. The molecule has 0 aliphatic carbocycles. The third-order valence-electron chi connectivity index (χ3n) is 2.35. The summed E-state index contributed by atoms with van der Waals surface area (Å²) in [6.45, 7) is 7.03. The van der Waals surface area contributed by atoms with E-state index in [2.05, 4.69) is 26.1 Å². The van der Waals surface area contributed by atoms with Crippen LogP contribution in [-0.4, -0.2) is 17.1 Å². The Labute approximate surface area is 95.7 Å². The summed E-state index contributed by atoms with van der Waals surface area (Å²) >= 11 is 0. The summed E-state index contributed by atoms with van der Waals surface area (Å²) in [5, 5.41) is 12.0. The molecular weight excluding hydrogens is 206 g/mol. The van der Waals surface area contributed by atoms with E-state index in [1.54, 1.807) is 6.07 Å². The number of nitrogens with one attached hydrogen (secondary N) is 1. The van der Waals surface area contributed by atoms with Gasteiger partial charge in [0, 0.05) is 6.04 Å². The highest BCUT2D eigenvalue weighted by Gasteiger charge is 2.09. The lowest BCUT2D eigenvalue weighted by molar-refractivity contribution is 0.0696. The lowest BCUT2D eigenvalue weighted by atomic mass is 10.1. The highest BCUT2D eigenvalue weighted by Crippen LogP contribution is 2.09. The van der Waals surface area contributed by atoms with E-state index in [1.165, 1.54) is 6.26 Å². The predicted octanol–water partition coefficient (Wildman–Crippen LogP) is 2.50.